The van der Waals surface area contributed by atoms with Gasteiger partial charge in [0, 0.05) is 66.0 Å². The minimum absolute atomic E-state index is 0.0356. The molecule has 2 amide bonds. The van der Waals surface area contributed by atoms with E-state index in [0.29, 0.717) is 48.6 Å². The monoisotopic (exact) mass is 788 g/mol. The number of ether oxygens (including phenoxy) is 2. The van der Waals surface area contributed by atoms with Gasteiger partial charge in [0.2, 0.25) is 18.1 Å². The molecule has 286 valence electrons. The fourth-order valence-corrected chi connectivity index (χ4v) is 11.6. The molecule has 3 unspecified atom stereocenters. The lowest BCUT2D eigenvalue weighted by molar-refractivity contribution is -0.270. The molecule has 0 radical (unpaired) electrons. The lowest BCUT2D eigenvalue weighted by Crippen LogP contribution is -2.61. The summed E-state index contributed by atoms with van der Waals surface area (Å²) in [6.45, 7) is 0.770. The average Bonchev–Trinajstić information content (AvgIpc) is 3.67. The van der Waals surface area contributed by atoms with E-state index in [0.717, 1.165) is 33.7 Å². The van der Waals surface area contributed by atoms with Crippen LogP contribution in [0.25, 0.3) is 21.5 Å². The van der Waals surface area contributed by atoms with Crippen molar-refractivity contribution in [1.82, 2.24) is 0 Å². The molecule has 4 aromatic rings. The molecule has 1 spiro atoms. The SMILES string of the molecule is O=C(O)[C@H]1O[C@@H](Oc2cc3c(c4ccccc24)[C@H](CCl)CN3C(=O)CC23CC4(C(=O)N5C[C@@H](CCl)c6c5cc(O)c5ccccc65)CC24C3)[C@H](O)[C@@H](O)[C@@H]1O. The van der Waals surface area contributed by atoms with Gasteiger partial charge in [-0.05, 0) is 52.0 Å². The van der Waals surface area contributed by atoms with Crippen LogP contribution in [-0.4, -0.2) is 98.9 Å². The van der Waals surface area contributed by atoms with Crippen LogP contribution in [0.3, 0.4) is 0 Å². The van der Waals surface area contributed by atoms with Crippen LogP contribution in [0.4, 0.5) is 11.4 Å². The van der Waals surface area contributed by atoms with Gasteiger partial charge in [-0.2, -0.15) is 0 Å². The van der Waals surface area contributed by atoms with Crippen LogP contribution in [0.5, 0.6) is 11.5 Å². The van der Waals surface area contributed by atoms with E-state index in [9.17, 15) is 39.9 Å². The third-order valence-electron chi connectivity index (χ3n) is 13.7. The summed E-state index contributed by atoms with van der Waals surface area (Å²) in [5.41, 5.74) is 2.05. The summed E-state index contributed by atoms with van der Waals surface area (Å²) in [5.74, 6) is -0.971. The van der Waals surface area contributed by atoms with Crippen molar-refractivity contribution in [2.45, 2.75) is 68.2 Å². The largest absolute Gasteiger partial charge is 0.507 e. The highest BCUT2D eigenvalue weighted by Crippen LogP contribution is 3.01. The van der Waals surface area contributed by atoms with Crippen molar-refractivity contribution in [2.24, 2.45) is 16.2 Å². The Kier molecular flexibility index (Phi) is 7.64. The van der Waals surface area contributed by atoms with Gasteiger partial charge >= 0.3 is 5.97 Å². The first-order valence-corrected chi connectivity index (χ1v) is 19.6. The Morgan fingerprint density at radius 1 is 0.782 bits per heavy atom. The van der Waals surface area contributed by atoms with E-state index in [-0.39, 0.29) is 58.3 Å². The molecular weight excluding hydrogens is 751 g/mol. The van der Waals surface area contributed by atoms with Gasteiger partial charge in [-0.3, -0.25) is 9.59 Å². The van der Waals surface area contributed by atoms with Crippen molar-refractivity contribution in [1.29, 1.82) is 0 Å². The van der Waals surface area contributed by atoms with Crippen LogP contribution >= 0.6 is 23.2 Å². The molecule has 5 N–H and O–H groups in total. The second kappa shape index (κ2) is 11.9. The molecule has 0 bridgehead atoms. The predicted octanol–water partition coefficient (Wildman–Crippen LogP) is 4.57. The Balaban J connectivity index is 0.917. The Bertz CT molecular complexity index is 2360. The number of nitrogens with zero attached hydrogens (tertiary/aromatic N) is 2. The van der Waals surface area contributed by atoms with Crippen LogP contribution in [-0.2, 0) is 19.1 Å². The van der Waals surface area contributed by atoms with Crippen molar-refractivity contribution < 1.29 is 49.4 Å². The number of alkyl halides is 2. The van der Waals surface area contributed by atoms with E-state index in [1.807, 2.05) is 41.3 Å². The second-order valence-electron chi connectivity index (χ2n) is 16.4. The number of phenolic OH excluding ortho intramolecular Hbond substituents is 1. The molecule has 3 heterocycles. The number of rotatable bonds is 8. The van der Waals surface area contributed by atoms with Crippen molar-refractivity contribution in [3.63, 3.8) is 0 Å². The number of benzene rings is 4. The second-order valence-corrected chi connectivity index (χ2v) is 17.0. The summed E-state index contributed by atoms with van der Waals surface area (Å²) in [4.78, 5) is 44.1. The number of carbonyl (C=O) groups is 3. The number of anilines is 2. The van der Waals surface area contributed by atoms with Gasteiger partial charge in [0.1, 0.15) is 29.8 Å². The fraction of sp³-hybridized carbons (Fsp3) is 0.439. The van der Waals surface area contributed by atoms with Crippen molar-refractivity contribution in [3.8, 4) is 11.5 Å². The molecule has 10 atom stereocenters. The number of aliphatic hydroxyl groups excluding tert-OH is 3. The Labute approximate surface area is 324 Å². The number of carboxylic acid groups (broad SMARTS) is 1. The third kappa shape index (κ3) is 4.63. The molecule has 14 heteroatoms. The molecule has 10 rings (SSSR count). The molecule has 3 saturated carbocycles. The number of aliphatic carboxylic acids is 1. The highest BCUT2D eigenvalue weighted by molar-refractivity contribution is 6.20. The summed E-state index contributed by atoms with van der Waals surface area (Å²) in [7, 11) is 0. The van der Waals surface area contributed by atoms with E-state index in [1.165, 1.54) is 0 Å². The van der Waals surface area contributed by atoms with E-state index >= 15 is 0 Å². The summed E-state index contributed by atoms with van der Waals surface area (Å²) in [6.07, 6.45) is -6.62. The van der Waals surface area contributed by atoms with Crippen LogP contribution < -0.4 is 14.5 Å². The van der Waals surface area contributed by atoms with Crippen LogP contribution in [0.1, 0.15) is 48.6 Å². The van der Waals surface area contributed by atoms with Gasteiger partial charge in [0.15, 0.2) is 6.10 Å². The normalized spacial score (nSPS) is 35.1. The molecule has 0 aromatic heterocycles. The summed E-state index contributed by atoms with van der Waals surface area (Å²) in [5, 5.41) is 54.8. The maximum Gasteiger partial charge on any atom is 0.335 e. The van der Waals surface area contributed by atoms with Gasteiger partial charge in [0.25, 0.3) is 0 Å². The summed E-state index contributed by atoms with van der Waals surface area (Å²) >= 11 is 13.0. The molecule has 1 saturated heterocycles. The predicted molar refractivity (Wildman–Crippen MR) is 202 cm³/mol. The smallest absolute Gasteiger partial charge is 0.335 e. The highest BCUT2D eigenvalue weighted by Gasteiger charge is 2.99. The van der Waals surface area contributed by atoms with Crippen LogP contribution in [0.15, 0.2) is 60.7 Å². The minimum Gasteiger partial charge on any atom is -0.507 e. The molecule has 3 aliphatic heterocycles. The molecule has 4 aromatic carbocycles. The molecule has 4 fully saturated rings. The summed E-state index contributed by atoms with van der Waals surface area (Å²) in [6, 6.07) is 18.3. The van der Waals surface area contributed by atoms with Crippen LogP contribution in [0, 0.1) is 16.2 Å². The number of amides is 2. The zero-order chi connectivity index (χ0) is 38.3. The number of fused-ring (bicyclic) bond motifs is 6. The van der Waals surface area contributed by atoms with Gasteiger partial charge in [0.05, 0.1) is 16.8 Å². The van der Waals surface area contributed by atoms with Crippen molar-refractivity contribution in [3.05, 3.63) is 71.8 Å². The maximum absolute atomic E-state index is 14.5. The van der Waals surface area contributed by atoms with Gasteiger partial charge in [-0.1, -0.05) is 48.5 Å². The number of aromatic hydroxyl groups is 1. The zero-order valence-corrected chi connectivity index (χ0v) is 30.9. The number of hydrogen-bond acceptors (Lipinski definition) is 9. The first kappa shape index (κ1) is 35.3. The topological polar surface area (TPSA) is 177 Å². The molecule has 55 heavy (non-hydrogen) atoms. The first-order valence-electron chi connectivity index (χ1n) is 18.5. The average molecular weight is 790 g/mol. The number of aliphatic hydroxyl groups is 3. The Hall–Kier alpha value is -4.17. The third-order valence-corrected chi connectivity index (χ3v) is 14.5. The van der Waals surface area contributed by atoms with Gasteiger partial charge in [-0.25, -0.2) is 4.79 Å². The maximum atomic E-state index is 14.5. The lowest BCUT2D eigenvalue weighted by atomic mass is 9.71. The number of hydrogen-bond donors (Lipinski definition) is 5. The van der Waals surface area contributed by atoms with E-state index < -0.39 is 42.1 Å². The lowest BCUT2D eigenvalue weighted by Gasteiger charge is -2.38. The minimum atomic E-state index is -1.87. The van der Waals surface area contributed by atoms with Crippen LogP contribution in [0.2, 0.25) is 0 Å². The van der Waals surface area contributed by atoms with Gasteiger partial charge < -0.3 is 44.8 Å². The quantitative estimate of drug-likeness (QED) is 0.159. The Morgan fingerprint density at radius 3 is 2.02 bits per heavy atom. The standard InChI is InChI=1S/C41H38Cl2N2O10/c42-12-19-14-44(26-10-28(22-6-2-4-8-24(22)31(19)26)54-37-34(50)32(48)33(49)35(55-37)36(51)52)29(47)11-39-16-40(18-41(39,40)17-39)38(53)45-15-20(13-43)30-23-7-3-1-5-21(23)27(46)9-25(30)45/h1-10,19-20,32-35,37,46,48-50H,11-18H2,(H,51,52)/t19-,20-,32+,33+,34-,35+,37-,39?,40?,41?/m1/s1. The van der Waals surface area contributed by atoms with E-state index in [2.05, 4.69) is 0 Å². The zero-order valence-electron chi connectivity index (χ0n) is 29.4. The molecule has 6 aliphatic rings. The van der Waals surface area contributed by atoms with E-state index in [1.54, 1.807) is 29.2 Å². The fourth-order valence-electron chi connectivity index (χ4n) is 11.1. The Morgan fingerprint density at radius 2 is 1.38 bits per heavy atom. The molecule has 12 nitrogen and oxygen atoms in total. The number of carboxylic acids is 1. The highest BCUT2D eigenvalue weighted by atomic mass is 35.5. The first-order chi connectivity index (χ1) is 26.4. The number of halogens is 2. The molecular formula is C41H38Cl2N2O10. The molecule has 3 aliphatic carbocycles. The van der Waals surface area contributed by atoms with Crippen molar-refractivity contribution in [2.75, 3.05) is 34.6 Å². The number of phenols is 1. The number of carbonyl (C=O) groups excluding carboxylic acids is 2. The summed E-state index contributed by atoms with van der Waals surface area (Å²) < 4.78 is 11.5. The van der Waals surface area contributed by atoms with E-state index in [4.69, 9.17) is 32.7 Å². The van der Waals surface area contributed by atoms with Gasteiger partial charge in [-0.15, -0.1) is 23.2 Å². The van der Waals surface area contributed by atoms with Crippen molar-refractivity contribution >= 4 is 73.9 Å².